The Morgan fingerprint density at radius 2 is 2.07 bits per heavy atom. The van der Waals surface area contributed by atoms with Gasteiger partial charge >= 0.3 is 6.18 Å². The summed E-state index contributed by atoms with van der Waals surface area (Å²) in [6.07, 6.45) is -0.490. The number of hydrogen-bond donors (Lipinski definition) is 1. The molecule has 1 N–H and O–H groups in total. The average molecular weight is 413 g/mol. The van der Waals surface area contributed by atoms with Crippen LogP contribution in [0.1, 0.15) is 48.3 Å². The van der Waals surface area contributed by atoms with Crippen LogP contribution in [0.4, 0.5) is 13.2 Å². The van der Waals surface area contributed by atoms with Crippen LogP contribution in [0.2, 0.25) is 0 Å². The number of fused-ring (bicyclic) bond motifs is 2. The van der Waals surface area contributed by atoms with E-state index in [0.29, 0.717) is 24.3 Å². The van der Waals surface area contributed by atoms with Gasteiger partial charge in [0.05, 0.1) is 17.6 Å². The van der Waals surface area contributed by atoms with Crippen molar-refractivity contribution >= 4 is 11.8 Å². The van der Waals surface area contributed by atoms with Crippen molar-refractivity contribution in [1.82, 2.24) is 25.2 Å². The standard InChI is InChI=1S/C18H22F3N5O3/c1-25-13(18(19,20)21)12(23-24-25)14(27)22-11-3-6-26(8-11)15(28)17-7-10(17)9-29-16(17)4-2-5-16/h10-11H,2-9H2,1H3,(H,22,27)/t10-,11+,17-/m0/s1. The molecule has 11 heteroatoms. The highest BCUT2D eigenvalue weighted by atomic mass is 19.4. The predicted molar refractivity (Wildman–Crippen MR) is 91.5 cm³/mol. The molecule has 1 aromatic heterocycles. The van der Waals surface area contributed by atoms with Crippen LogP contribution in [0.15, 0.2) is 0 Å². The molecule has 4 aliphatic rings. The Morgan fingerprint density at radius 1 is 1.31 bits per heavy atom. The Kier molecular flexibility index (Phi) is 3.85. The Bertz CT molecular complexity index is 881. The zero-order chi connectivity index (χ0) is 20.6. The second-order valence-electron chi connectivity index (χ2n) is 8.65. The van der Waals surface area contributed by atoms with E-state index in [-0.39, 0.29) is 24.0 Å². The van der Waals surface area contributed by atoms with E-state index in [1.165, 1.54) is 0 Å². The minimum Gasteiger partial charge on any atom is -0.374 e. The molecule has 3 heterocycles. The van der Waals surface area contributed by atoms with Gasteiger partial charge in [0.2, 0.25) is 5.91 Å². The Balaban J connectivity index is 1.26. The van der Waals surface area contributed by atoms with Crippen molar-refractivity contribution in [2.75, 3.05) is 19.7 Å². The molecule has 158 valence electrons. The van der Waals surface area contributed by atoms with Gasteiger partial charge in [0.25, 0.3) is 5.91 Å². The number of likely N-dealkylation sites (tertiary alicyclic amines) is 1. The number of carbonyl (C=O) groups excluding carboxylic acids is 2. The number of rotatable bonds is 3. The van der Waals surface area contributed by atoms with Crippen molar-refractivity contribution in [1.29, 1.82) is 0 Å². The van der Waals surface area contributed by atoms with Gasteiger partial charge in [-0.2, -0.15) is 13.2 Å². The molecule has 0 aromatic carbocycles. The van der Waals surface area contributed by atoms with Crippen molar-refractivity contribution in [2.24, 2.45) is 18.4 Å². The maximum Gasteiger partial charge on any atom is 0.435 e. The van der Waals surface area contributed by atoms with Gasteiger partial charge in [-0.05, 0) is 32.1 Å². The number of ether oxygens (including phenoxy) is 1. The zero-order valence-corrected chi connectivity index (χ0v) is 16.0. The van der Waals surface area contributed by atoms with Gasteiger partial charge in [0, 0.05) is 32.1 Å². The topological polar surface area (TPSA) is 89.4 Å². The highest BCUT2D eigenvalue weighted by Crippen LogP contribution is 2.71. The molecule has 2 amide bonds. The largest absolute Gasteiger partial charge is 0.435 e. The van der Waals surface area contributed by atoms with E-state index in [0.717, 1.165) is 32.7 Å². The number of nitrogens with one attached hydrogen (secondary N) is 1. The minimum atomic E-state index is -4.73. The number of aryl methyl sites for hydroxylation is 1. The highest BCUT2D eigenvalue weighted by molar-refractivity contribution is 5.94. The van der Waals surface area contributed by atoms with Gasteiger partial charge in [-0.25, -0.2) is 4.68 Å². The summed E-state index contributed by atoms with van der Waals surface area (Å²) in [6.45, 7) is 1.39. The first-order chi connectivity index (χ1) is 13.7. The summed E-state index contributed by atoms with van der Waals surface area (Å²) >= 11 is 0. The third-order valence-corrected chi connectivity index (χ3v) is 7.14. The van der Waals surface area contributed by atoms with Gasteiger partial charge in [-0.3, -0.25) is 9.59 Å². The molecular formula is C18H22F3N5O3. The van der Waals surface area contributed by atoms with Crippen LogP contribution in [0.3, 0.4) is 0 Å². The molecule has 2 saturated carbocycles. The third-order valence-electron chi connectivity index (χ3n) is 7.14. The maximum absolute atomic E-state index is 13.3. The zero-order valence-electron chi connectivity index (χ0n) is 16.0. The third kappa shape index (κ3) is 2.55. The van der Waals surface area contributed by atoms with Crippen molar-refractivity contribution in [3.8, 4) is 0 Å². The SMILES string of the molecule is Cn1nnc(C(=O)N[C@@H]2CCN(C(=O)[C@]34C[C@H]3COC43CCC3)C2)c1C(F)(F)F. The lowest BCUT2D eigenvalue weighted by Crippen LogP contribution is -2.53. The fraction of sp³-hybridized carbons (Fsp3) is 0.778. The summed E-state index contributed by atoms with van der Waals surface area (Å²) in [5.41, 5.74) is -2.66. The fourth-order valence-corrected chi connectivity index (χ4v) is 5.45. The minimum absolute atomic E-state index is 0.0759. The number of nitrogens with zero attached hydrogens (tertiary/aromatic N) is 4. The number of aromatic nitrogens is 3. The second kappa shape index (κ2) is 5.93. The Morgan fingerprint density at radius 3 is 2.69 bits per heavy atom. The normalized spacial score (nSPS) is 32.2. The van der Waals surface area contributed by atoms with Crippen LogP contribution in [0, 0.1) is 11.3 Å². The molecule has 0 unspecified atom stereocenters. The monoisotopic (exact) mass is 413 g/mol. The molecular weight excluding hydrogens is 391 g/mol. The lowest BCUT2D eigenvalue weighted by molar-refractivity contribution is -0.157. The summed E-state index contributed by atoms with van der Waals surface area (Å²) in [7, 11) is 1.09. The van der Waals surface area contributed by atoms with Crippen LogP contribution in [-0.2, 0) is 22.8 Å². The second-order valence-corrected chi connectivity index (χ2v) is 8.65. The summed E-state index contributed by atoms with van der Waals surface area (Å²) in [6, 6.07) is -0.414. The van der Waals surface area contributed by atoms with Crippen LogP contribution in [0.5, 0.6) is 0 Å². The van der Waals surface area contributed by atoms with E-state index >= 15 is 0 Å². The van der Waals surface area contributed by atoms with Crippen molar-refractivity contribution < 1.29 is 27.5 Å². The number of alkyl halides is 3. The van der Waals surface area contributed by atoms with E-state index in [4.69, 9.17) is 4.74 Å². The summed E-state index contributed by atoms with van der Waals surface area (Å²) in [5, 5.41) is 9.30. The first-order valence-electron chi connectivity index (χ1n) is 9.89. The van der Waals surface area contributed by atoms with E-state index in [9.17, 15) is 22.8 Å². The number of hydrogen-bond acceptors (Lipinski definition) is 5. The lowest BCUT2D eigenvalue weighted by Gasteiger charge is -2.45. The predicted octanol–water partition coefficient (Wildman–Crippen LogP) is 1.12. The van der Waals surface area contributed by atoms with E-state index in [2.05, 4.69) is 15.6 Å². The van der Waals surface area contributed by atoms with Crippen LogP contribution < -0.4 is 5.32 Å². The van der Waals surface area contributed by atoms with Gasteiger partial charge in [0.1, 0.15) is 0 Å². The number of carbonyl (C=O) groups is 2. The first-order valence-corrected chi connectivity index (χ1v) is 9.89. The van der Waals surface area contributed by atoms with Crippen molar-refractivity contribution in [2.45, 2.75) is 49.9 Å². The summed E-state index contributed by atoms with van der Waals surface area (Å²) < 4.78 is 46.0. The van der Waals surface area contributed by atoms with Crippen molar-refractivity contribution in [3.63, 3.8) is 0 Å². The highest BCUT2D eigenvalue weighted by Gasteiger charge is 2.78. The Hall–Kier alpha value is -2.17. The molecule has 1 aromatic rings. The molecule has 2 saturated heterocycles. The quantitative estimate of drug-likeness (QED) is 0.802. The summed E-state index contributed by atoms with van der Waals surface area (Å²) in [5.74, 6) is -0.573. The molecule has 2 aliphatic carbocycles. The lowest BCUT2D eigenvalue weighted by atomic mass is 9.68. The van der Waals surface area contributed by atoms with Crippen molar-refractivity contribution in [3.05, 3.63) is 11.4 Å². The van der Waals surface area contributed by atoms with Crippen LogP contribution >= 0.6 is 0 Å². The number of amides is 2. The molecule has 1 spiro atoms. The summed E-state index contributed by atoms with van der Waals surface area (Å²) in [4.78, 5) is 27.4. The van der Waals surface area contributed by atoms with Gasteiger partial charge in [0.15, 0.2) is 11.4 Å². The fourth-order valence-electron chi connectivity index (χ4n) is 5.45. The molecule has 3 atom stereocenters. The van der Waals surface area contributed by atoms with Gasteiger partial charge in [-0.1, -0.05) is 5.21 Å². The van der Waals surface area contributed by atoms with E-state index in [1.807, 2.05) is 0 Å². The molecule has 0 radical (unpaired) electrons. The van der Waals surface area contributed by atoms with Crippen LogP contribution in [0.25, 0.3) is 0 Å². The van der Waals surface area contributed by atoms with E-state index < -0.39 is 34.9 Å². The maximum atomic E-state index is 13.3. The first kappa shape index (κ1) is 18.8. The number of halogens is 3. The smallest absolute Gasteiger partial charge is 0.374 e. The van der Waals surface area contributed by atoms with Crippen LogP contribution in [-0.4, -0.2) is 63.0 Å². The molecule has 29 heavy (non-hydrogen) atoms. The molecule has 8 nitrogen and oxygen atoms in total. The van der Waals surface area contributed by atoms with Gasteiger partial charge in [-0.15, -0.1) is 5.10 Å². The van der Waals surface area contributed by atoms with Gasteiger partial charge < -0.3 is 15.0 Å². The average Bonchev–Trinajstić information content (AvgIpc) is 2.97. The molecule has 5 rings (SSSR count). The molecule has 2 aliphatic heterocycles. The molecule has 0 bridgehead atoms. The molecule has 4 fully saturated rings. The van der Waals surface area contributed by atoms with E-state index in [1.54, 1.807) is 4.90 Å². The Labute approximate surface area is 164 Å².